The number of benzene rings is 1. The van der Waals surface area contributed by atoms with E-state index in [1.807, 2.05) is 0 Å². The Morgan fingerprint density at radius 3 is 2.44 bits per heavy atom. The molecule has 0 unspecified atom stereocenters. The number of aromatic amines is 2. The Morgan fingerprint density at radius 2 is 1.93 bits per heavy atom. The summed E-state index contributed by atoms with van der Waals surface area (Å²) in [6.45, 7) is -0.505. The van der Waals surface area contributed by atoms with E-state index >= 15 is 0 Å². The van der Waals surface area contributed by atoms with Crippen LogP contribution in [0.15, 0.2) is 21.7 Å². The number of hydrogen-bond donors (Lipinski definition) is 4. The average molecular weight is 382 g/mol. The van der Waals surface area contributed by atoms with Crippen molar-refractivity contribution < 1.29 is 29.6 Å². The third-order valence-corrected chi connectivity index (χ3v) is 3.52. The Hall–Kier alpha value is -3.58. The van der Waals surface area contributed by atoms with Gasteiger partial charge in [-0.25, -0.2) is 9.86 Å². The smallest absolute Gasteiger partial charge is 0.331 e. The summed E-state index contributed by atoms with van der Waals surface area (Å²) in [5.41, 5.74) is -2.52. The Balaban J connectivity index is 2.50. The molecule has 2 aromatic rings. The van der Waals surface area contributed by atoms with Crippen LogP contribution in [0.4, 0.5) is 5.69 Å². The first-order valence-electron chi connectivity index (χ1n) is 7.35. The van der Waals surface area contributed by atoms with Gasteiger partial charge >= 0.3 is 17.1 Å². The minimum Gasteiger partial charge on any atom is -0.480 e. The van der Waals surface area contributed by atoms with Crippen molar-refractivity contribution in [2.24, 2.45) is 0 Å². The number of rotatable bonds is 7. The number of hydroxylamine groups is 2. The number of nitrogens with one attached hydrogen (secondary N) is 2. The largest absolute Gasteiger partial charge is 0.480 e. The zero-order valence-electron chi connectivity index (χ0n) is 13.8. The summed E-state index contributed by atoms with van der Waals surface area (Å²) < 4.78 is 0. The van der Waals surface area contributed by atoms with Gasteiger partial charge in [-0.3, -0.25) is 29.3 Å². The number of nitro benzene ring substituents is 1. The maximum absolute atomic E-state index is 11.6. The van der Waals surface area contributed by atoms with Crippen LogP contribution in [0.25, 0.3) is 11.0 Å². The second-order valence-corrected chi connectivity index (χ2v) is 5.35. The Bertz CT molecular complexity index is 1030. The molecule has 0 radical (unpaired) electrons. The highest BCUT2D eigenvalue weighted by atomic mass is 16.7. The van der Waals surface area contributed by atoms with Gasteiger partial charge in [0.15, 0.2) is 6.04 Å². The number of aromatic nitrogens is 2. The van der Waals surface area contributed by atoms with Gasteiger partial charge in [0.25, 0.3) is 5.69 Å². The van der Waals surface area contributed by atoms with Crippen LogP contribution in [0.5, 0.6) is 0 Å². The highest BCUT2D eigenvalue weighted by Gasteiger charge is 2.29. The quantitative estimate of drug-likeness (QED) is 0.259. The lowest BCUT2D eigenvalue weighted by Crippen LogP contribution is -2.46. The molecule has 0 fully saturated rings. The third-order valence-electron chi connectivity index (χ3n) is 3.52. The molecular weight excluding hydrogens is 368 g/mol. The molecule has 27 heavy (non-hydrogen) atoms. The fourth-order valence-corrected chi connectivity index (χ4v) is 2.29. The molecule has 0 aliphatic carbocycles. The average Bonchev–Trinajstić information content (AvgIpc) is 2.58. The minimum atomic E-state index is -1.70. The molecule has 13 nitrogen and oxygen atoms in total. The van der Waals surface area contributed by atoms with Gasteiger partial charge in [-0.05, 0) is 0 Å². The van der Waals surface area contributed by atoms with Crippen LogP contribution in [0.3, 0.4) is 0 Å². The number of fused-ring (bicyclic) bond motifs is 1. The second-order valence-electron chi connectivity index (χ2n) is 5.35. The summed E-state index contributed by atoms with van der Waals surface area (Å²) in [7, 11) is 0. The fraction of sp³-hybridized carbons (Fsp3) is 0.286. The predicted molar refractivity (Wildman–Crippen MR) is 87.7 cm³/mol. The SMILES string of the molecule is CC(=O)N(OCc1cc([N+](=O)[O-])cc2[nH]c(=O)c(=O)[nH]c12)[C@@H](CO)C(=O)O. The topological polar surface area (TPSA) is 196 Å². The van der Waals surface area contributed by atoms with Crippen LogP contribution >= 0.6 is 0 Å². The van der Waals surface area contributed by atoms with E-state index < -0.39 is 52.9 Å². The van der Waals surface area contributed by atoms with Crippen LogP contribution in [0, 0.1) is 10.1 Å². The van der Waals surface area contributed by atoms with Gasteiger partial charge < -0.3 is 20.2 Å². The first-order chi connectivity index (χ1) is 12.6. The number of amides is 1. The van der Waals surface area contributed by atoms with Crippen LogP contribution in [0.1, 0.15) is 12.5 Å². The van der Waals surface area contributed by atoms with Gasteiger partial charge in [-0.1, -0.05) is 0 Å². The monoisotopic (exact) mass is 382 g/mol. The number of hydrogen-bond acceptors (Lipinski definition) is 8. The van der Waals surface area contributed by atoms with Crippen LogP contribution in [-0.2, 0) is 21.0 Å². The lowest BCUT2D eigenvalue weighted by Gasteiger charge is -2.25. The number of carboxylic acids is 1. The van der Waals surface area contributed by atoms with Gasteiger partial charge in [0.1, 0.15) is 6.61 Å². The number of carbonyl (C=O) groups excluding carboxylic acids is 1. The highest BCUT2D eigenvalue weighted by Crippen LogP contribution is 2.22. The van der Waals surface area contributed by atoms with Gasteiger partial charge in [0.05, 0.1) is 22.6 Å². The number of aliphatic hydroxyl groups is 1. The van der Waals surface area contributed by atoms with Crippen molar-refractivity contribution in [1.29, 1.82) is 0 Å². The summed E-state index contributed by atoms with van der Waals surface area (Å²) >= 11 is 0. The normalized spacial score (nSPS) is 11.9. The first-order valence-corrected chi connectivity index (χ1v) is 7.35. The molecule has 1 atom stereocenters. The molecule has 2 rings (SSSR count). The van der Waals surface area contributed by atoms with E-state index in [-0.39, 0.29) is 16.6 Å². The molecule has 0 bridgehead atoms. The predicted octanol–water partition coefficient (Wildman–Crippen LogP) is -1.15. The van der Waals surface area contributed by atoms with Crippen molar-refractivity contribution in [3.63, 3.8) is 0 Å². The van der Waals surface area contributed by atoms with Gasteiger partial charge in [-0.15, -0.1) is 0 Å². The van der Waals surface area contributed by atoms with Crippen LogP contribution in [-0.4, -0.2) is 54.7 Å². The van der Waals surface area contributed by atoms with Crippen molar-refractivity contribution in [2.45, 2.75) is 19.6 Å². The number of aliphatic hydroxyl groups excluding tert-OH is 1. The number of H-pyrrole nitrogens is 2. The molecule has 0 saturated heterocycles. The van der Waals surface area contributed by atoms with Crippen molar-refractivity contribution in [2.75, 3.05) is 6.61 Å². The number of carboxylic acid groups (broad SMARTS) is 1. The van der Waals surface area contributed by atoms with Crippen molar-refractivity contribution in [1.82, 2.24) is 15.0 Å². The van der Waals surface area contributed by atoms with Gasteiger partial charge in [0.2, 0.25) is 5.91 Å². The Morgan fingerprint density at radius 1 is 1.30 bits per heavy atom. The minimum absolute atomic E-state index is 0.000813. The second kappa shape index (κ2) is 7.76. The van der Waals surface area contributed by atoms with Gasteiger partial charge in [-0.2, -0.15) is 0 Å². The maximum Gasteiger partial charge on any atom is 0.331 e. The molecule has 1 aromatic carbocycles. The molecule has 1 amide bonds. The molecular formula is C14H14N4O9. The summed E-state index contributed by atoms with van der Waals surface area (Å²) in [6.07, 6.45) is 0. The number of aliphatic carboxylic acids is 1. The van der Waals surface area contributed by atoms with Crippen LogP contribution in [0.2, 0.25) is 0 Å². The van der Waals surface area contributed by atoms with Crippen molar-refractivity contribution in [3.05, 3.63) is 48.5 Å². The van der Waals surface area contributed by atoms with E-state index in [0.29, 0.717) is 5.06 Å². The molecule has 4 N–H and O–H groups in total. The standard InChI is InChI=1S/C14H14N4O9/c1-6(20)17(10(4-19)14(23)24)27-5-7-2-8(18(25)26)3-9-11(7)16-13(22)12(21)15-9/h2-3,10,19H,4-5H2,1H3,(H,15,21)(H,16,22)(H,23,24)/t10-/m0/s1. The molecule has 13 heteroatoms. The molecule has 1 heterocycles. The van der Waals surface area contributed by atoms with Crippen LogP contribution < -0.4 is 11.1 Å². The molecule has 0 spiro atoms. The van der Waals surface area contributed by atoms with E-state index in [1.165, 1.54) is 0 Å². The number of carbonyl (C=O) groups is 2. The summed E-state index contributed by atoms with van der Waals surface area (Å²) in [6, 6.07) is 0.349. The number of non-ortho nitro benzene ring substituents is 1. The van der Waals surface area contributed by atoms with E-state index in [2.05, 4.69) is 9.97 Å². The molecule has 0 aliphatic heterocycles. The van der Waals surface area contributed by atoms with E-state index in [0.717, 1.165) is 19.1 Å². The van der Waals surface area contributed by atoms with Crippen molar-refractivity contribution >= 4 is 28.6 Å². The number of nitro groups is 1. The number of nitrogens with zero attached hydrogens (tertiary/aromatic N) is 2. The molecule has 144 valence electrons. The summed E-state index contributed by atoms with van der Waals surface area (Å²) in [5.74, 6) is -2.37. The zero-order chi connectivity index (χ0) is 20.3. The Labute approximate surface area is 148 Å². The molecule has 0 saturated carbocycles. The summed E-state index contributed by atoms with van der Waals surface area (Å²) in [5, 5.41) is 29.6. The zero-order valence-corrected chi connectivity index (χ0v) is 13.8. The Kier molecular flexibility index (Phi) is 5.67. The van der Waals surface area contributed by atoms with E-state index in [1.54, 1.807) is 0 Å². The molecule has 0 aliphatic rings. The maximum atomic E-state index is 11.6. The fourth-order valence-electron chi connectivity index (χ4n) is 2.29. The lowest BCUT2D eigenvalue weighted by atomic mass is 10.1. The van der Waals surface area contributed by atoms with Gasteiger partial charge in [0, 0.05) is 24.6 Å². The molecule has 1 aromatic heterocycles. The first kappa shape index (κ1) is 19.7. The van der Waals surface area contributed by atoms with Crippen molar-refractivity contribution in [3.8, 4) is 0 Å². The lowest BCUT2D eigenvalue weighted by molar-refractivity contribution is -0.384. The third kappa shape index (κ3) is 4.16. The highest BCUT2D eigenvalue weighted by molar-refractivity contribution is 5.82. The summed E-state index contributed by atoms with van der Waals surface area (Å²) in [4.78, 5) is 65.6. The van der Waals surface area contributed by atoms with E-state index in [4.69, 9.17) is 15.1 Å². The van der Waals surface area contributed by atoms with E-state index in [9.17, 15) is 29.3 Å².